The lowest BCUT2D eigenvalue weighted by Crippen LogP contribution is -2.41. The summed E-state index contributed by atoms with van der Waals surface area (Å²) >= 11 is 0. The molecule has 0 aliphatic carbocycles. The normalized spacial score (nSPS) is 13.1. The fourth-order valence-electron chi connectivity index (χ4n) is 1.13. The zero-order valence-corrected chi connectivity index (χ0v) is 9.25. The van der Waals surface area contributed by atoms with Gasteiger partial charge in [-0.1, -0.05) is 20.8 Å². The van der Waals surface area contributed by atoms with Crippen LogP contribution in [0.1, 0.15) is 33.6 Å². The van der Waals surface area contributed by atoms with Crippen molar-refractivity contribution in [3.63, 3.8) is 0 Å². The molecule has 14 heavy (non-hydrogen) atoms. The lowest BCUT2D eigenvalue weighted by molar-refractivity contribution is -0.140. The SMILES string of the molecule is CCCOCCC(NC(C)C)C(=O)O. The Hall–Kier alpha value is -0.610. The third-order valence-corrected chi connectivity index (χ3v) is 1.73. The van der Waals surface area contributed by atoms with Gasteiger partial charge in [0, 0.05) is 19.3 Å². The van der Waals surface area contributed by atoms with Gasteiger partial charge in [0.05, 0.1) is 0 Å². The minimum atomic E-state index is -0.807. The second-order valence-corrected chi connectivity index (χ2v) is 3.61. The number of carbonyl (C=O) groups is 1. The van der Waals surface area contributed by atoms with E-state index in [1.54, 1.807) is 0 Å². The molecule has 1 unspecified atom stereocenters. The Bertz CT molecular complexity index is 159. The molecule has 0 radical (unpaired) electrons. The Morgan fingerprint density at radius 1 is 1.43 bits per heavy atom. The number of carboxylic acid groups (broad SMARTS) is 1. The van der Waals surface area contributed by atoms with Crippen LogP contribution < -0.4 is 5.32 Å². The highest BCUT2D eigenvalue weighted by Crippen LogP contribution is 1.96. The first-order chi connectivity index (χ1) is 6.57. The molecule has 0 spiro atoms. The molecule has 0 aromatic heterocycles. The van der Waals surface area contributed by atoms with E-state index in [1.807, 2.05) is 20.8 Å². The minimum Gasteiger partial charge on any atom is -0.480 e. The Morgan fingerprint density at radius 2 is 2.07 bits per heavy atom. The van der Waals surface area contributed by atoms with Gasteiger partial charge >= 0.3 is 5.97 Å². The van der Waals surface area contributed by atoms with Crippen LogP contribution in [-0.2, 0) is 9.53 Å². The van der Waals surface area contributed by atoms with Crippen LogP contribution in [-0.4, -0.2) is 36.4 Å². The van der Waals surface area contributed by atoms with Crippen molar-refractivity contribution in [1.29, 1.82) is 0 Å². The first-order valence-corrected chi connectivity index (χ1v) is 5.14. The van der Waals surface area contributed by atoms with Crippen LogP contribution in [0.2, 0.25) is 0 Å². The Labute approximate surface area is 85.6 Å². The van der Waals surface area contributed by atoms with Crippen molar-refractivity contribution >= 4 is 5.97 Å². The highest BCUT2D eigenvalue weighted by molar-refractivity contribution is 5.73. The molecule has 4 nitrogen and oxygen atoms in total. The number of rotatable bonds is 8. The number of nitrogens with one attached hydrogen (secondary N) is 1. The molecule has 0 aromatic carbocycles. The van der Waals surface area contributed by atoms with Gasteiger partial charge in [-0.3, -0.25) is 4.79 Å². The van der Waals surface area contributed by atoms with E-state index in [1.165, 1.54) is 0 Å². The maximum absolute atomic E-state index is 10.8. The van der Waals surface area contributed by atoms with Crippen LogP contribution in [0.5, 0.6) is 0 Å². The summed E-state index contributed by atoms with van der Waals surface area (Å²) in [6.45, 7) is 7.10. The van der Waals surface area contributed by atoms with Gasteiger partial charge in [0.2, 0.25) is 0 Å². The fourth-order valence-corrected chi connectivity index (χ4v) is 1.13. The molecule has 0 amide bonds. The standard InChI is InChI=1S/C10H21NO3/c1-4-6-14-7-5-9(10(12)13)11-8(2)3/h8-9,11H,4-7H2,1-3H3,(H,12,13). The van der Waals surface area contributed by atoms with E-state index >= 15 is 0 Å². The second-order valence-electron chi connectivity index (χ2n) is 3.61. The summed E-state index contributed by atoms with van der Waals surface area (Å²) in [5, 5.41) is 11.8. The van der Waals surface area contributed by atoms with E-state index < -0.39 is 12.0 Å². The number of hydrogen-bond acceptors (Lipinski definition) is 3. The summed E-state index contributed by atoms with van der Waals surface area (Å²) in [6, 6.07) is -0.311. The third kappa shape index (κ3) is 6.86. The maximum Gasteiger partial charge on any atom is 0.320 e. The fraction of sp³-hybridized carbons (Fsp3) is 0.900. The monoisotopic (exact) mass is 203 g/mol. The van der Waals surface area contributed by atoms with E-state index in [-0.39, 0.29) is 6.04 Å². The van der Waals surface area contributed by atoms with Gasteiger partial charge in [-0.05, 0) is 12.8 Å². The van der Waals surface area contributed by atoms with E-state index in [0.717, 1.165) is 6.42 Å². The first-order valence-electron chi connectivity index (χ1n) is 5.14. The van der Waals surface area contributed by atoms with Crippen LogP contribution >= 0.6 is 0 Å². The average molecular weight is 203 g/mol. The summed E-state index contributed by atoms with van der Waals surface area (Å²) in [4.78, 5) is 10.8. The van der Waals surface area contributed by atoms with Gasteiger partial charge in [0.1, 0.15) is 6.04 Å². The molecule has 2 N–H and O–H groups in total. The molecule has 0 aliphatic rings. The predicted molar refractivity (Wildman–Crippen MR) is 55.4 cm³/mol. The summed E-state index contributed by atoms with van der Waals surface area (Å²) in [5.41, 5.74) is 0. The van der Waals surface area contributed by atoms with Crippen LogP contribution in [0.15, 0.2) is 0 Å². The predicted octanol–water partition coefficient (Wildman–Crippen LogP) is 1.25. The van der Waals surface area contributed by atoms with Gasteiger partial charge in [-0.15, -0.1) is 0 Å². The topological polar surface area (TPSA) is 58.6 Å². The minimum absolute atomic E-state index is 0.183. The number of hydrogen-bond donors (Lipinski definition) is 2. The van der Waals surface area contributed by atoms with Gasteiger partial charge in [0.25, 0.3) is 0 Å². The highest BCUT2D eigenvalue weighted by atomic mass is 16.5. The Balaban J connectivity index is 3.68. The molecule has 84 valence electrons. The number of ether oxygens (including phenoxy) is 1. The van der Waals surface area contributed by atoms with Gasteiger partial charge in [0.15, 0.2) is 0 Å². The molecule has 0 aliphatic heterocycles. The molecular formula is C10H21NO3. The second kappa shape index (κ2) is 7.76. The van der Waals surface area contributed by atoms with Crippen LogP contribution in [0.3, 0.4) is 0 Å². The van der Waals surface area contributed by atoms with Crippen molar-refractivity contribution in [3.8, 4) is 0 Å². The molecule has 0 aromatic rings. The lowest BCUT2D eigenvalue weighted by Gasteiger charge is -2.16. The summed E-state index contributed by atoms with van der Waals surface area (Å²) < 4.78 is 5.24. The molecular weight excluding hydrogens is 182 g/mol. The first kappa shape index (κ1) is 13.4. The Kier molecular flexibility index (Phi) is 7.42. The van der Waals surface area contributed by atoms with Crippen LogP contribution in [0.25, 0.3) is 0 Å². The molecule has 1 atom stereocenters. The molecule has 0 saturated carbocycles. The van der Waals surface area contributed by atoms with E-state index in [2.05, 4.69) is 5.32 Å². The van der Waals surface area contributed by atoms with Crippen LogP contribution in [0.4, 0.5) is 0 Å². The lowest BCUT2D eigenvalue weighted by atomic mass is 10.2. The van der Waals surface area contributed by atoms with Gasteiger partial charge in [-0.2, -0.15) is 0 Å². The zero-order chi connectivity index (χ0) is 11.0. The van der Waals surface area contributed by atoms with Crippen molar-refractivity contribution in [3.05, 3.63) is 0 Å². The third-order valence-electron chi connectivity index (χ3n) is 1.73. The largest absolute Gasteiger partial charge is 0.480 e. The molecule has 0 bridgehead atoms. The summed E-state index contributed by atoms with van der Waals surface area (Å²) in [7, 11) is 0. The maximum atomic E-state index is 10.8. The van der Waals surface area contributed by atoms with E-state index in [0.29, 0.717) is 19.6 Å². The van der Waals surface area contributed by atoms with E-state index in [4.69, 9.17) is 9.84 Å². The van der Waals surface area contributed by atoms with Crippen molar-refractivity contribution in [1.82, 2.24) is 5.32 Å². The average Bonchev–Trinajstić information content (AvgIpc) is 2.09. The van der Waals surface area contributed by atoms with E-state index in [9.17, 15) is 4.79 Å². The molecule has 4 heteroatoms. The summed E-state index contributed by atoms with van der Waals surface area (Å²) in [6.07, 6.45) is 1.49. The van der Waals surface area contributed by atoms with Crippen molar-refractivity contribution in [2.75, 3.05) is 13.2 Å². The highest BCUT2D eigenvalue weighted by Gasteiger charge is 2.17. The van der Waals surface area contributed by atoms with Crippen molar-refractivity contribution in [2.24, 2.45) is 0 Å². The van der Waals surface area contributed by atoms with Crippen molar-refractivity contribution < 1.29 is 14.6 Å². The number of carboxylic acids is 1. The van der Waals surface area contributed by atoms with Crippen molar-refractivity contribution in [2.45, 2.75) is 45.7 Å². The van der Waals surface area contributed by atoms with Gasteiger partial charge in [-0.25, -0.2) is 0 Å². The Morgan fingerprint density at radius 3 is 2.50 bits per heavy atom. The molecule has 0 heterocycles. The quantitative estimate of drug-likeness (QED) is 0.583. The van der Waals surface area contributed by atoms with Crippen LogP contribution in [0, 0.1) is 0 Å². The summed E-state index contributed by atoms with van der Waals surface area (Å²) in [5.74, 6) is -0.807. The zero-order valence-electron chi connectivity index (χ0n) is 9.25. The smallest absolute Gasteiger partial charge is 0.320 e. The molecule has 0 saturated heterocycles. The number of aliphatic carboxylic acids is 1. The molecule has 0 fully saturated rings. The molecule has 0 rings (SSSR count). The van der Waals surface area contributed by atoms with Gasteiger partial charge < -0.3 is 15.2 Å².